The lowest BCUT2D eigenvalue weighted by atomic mass is 10.2. The largest absolute Gasteiger partial charge is 0.297 e. The van der Waals surface area contributed by atoms with E-state index < -0.39 is 0 Å². The van der Waals surface area contributed by atoms with Crippen LogP contribution in [0.4, 0.5) is 0 Å². The zero-order valence-corrected chi connectivity index (χ0v) is 12.5. The summed E-state index contributed by atoms with van der Waals surface area (Å²) in [5.41, 5.74) is 0. The van der Waals surface area contributed by atoms with Gasteiger partial charge in [0, 0.05) is 37.3 Å². The van der Waals surface area contributed by atoms with E-state index >= 15 is 0 Å². The summed E-state index contributed by atoms with van der Waals surface area (Å²) >= 11 is 0. The first-order valence-corrected chi connectivity index (χ1v) is 6.63. The van der Waals surface area contributed by atoms with Gasteiger partial charge in [-0.2, -0.15) is 0 Å². The minimum atomic E-state index is 0.584. The zero-order chi connectivity index (χ0) is 12.9. The number of hydrogen-bond acceptors (Lipinski definition) is 2. The van der Waals surface area contributed by atoms with Gasteiger partial charge in [0.2, 0.25) is 0 Å². The Bertz CT molecular complexity index is 138. The van der Waals surface area contributed by atoms with Crippen molar-refractivity contribution < 1.29 is 0 Å². The molecule has 0 aromatic rings. The van der Waals surface area contributed by atoms with Gasteiger partial charge < -0.3 is 0 Å². The van der Waals surface area contributed by atoms with Gasteiger partial charge in [0.25, 0.3) is 0 Å². The van der Waals surface area contributed by atoms with E-state index in [9.17, 15) is 0 Å². The average molecular weight is 227 g/mol. The van der Waals surface area contributed by atoms with E-state index in [2.05, 4.69) is 71.7 Å². The van der Waals surface area contributed by atoms with Gasteiger partial charge >= 0.3 is 0 Å². The molecule has 0 aliphatic heterocycles. The maximum atomic E-state index is 2.51. The van der Waals surface area contributed by atoms with E-state index in [1.807, 2.05) is 0 Å². The maximum absolute atomic E-state index is 2.51. The third-order valence-corrected chi connectivity index (χ3v) is 3.02. The average Bonchev–Trinajstić information content (AvgIpc) is 2.09. The van der Waals surface area contributed by atoms with Gasteiger partial charge in [-0.1, -0.05) is 0 Å². The molecule has 0 unspecified atom stereocenters. The fraction of sp³-hybridized carbons (Fsp3) is 0.929. The third-order valence-electron chi connectivity index (χ3n) is 3.02. The number of rotatable bonds is 7. The lowest BCUT2D eigenvalue weighted by Crippen LogP contribution is -2.43. The summed E-state index contributed by atoms with van der Waals surface area (Å²) in [7, 11) is 0. The predicted octanol–water partition coefficient (Wildman–Crippen LogP) is 3.39. The van der Waals surface area contributed by atoms with Crippen LogP contribution in [0.25, 0.3) is 0 Å². The molecule has 0 aliphatic rings. The van der Waals surface area contributed by atoms with E-state index in [0.717, 1.165) is 6.54 Å². The van der Waals surface area contributed by atoms with Crippen LogP contribution in [0.2, 0.25) is 0 Å². The van der Waals surface area contributed by atoms with E-state index in [-0.39, 0.29) is 0 Å². The molecular formula is C14H31N2. The molecule has 0 saturated carbocycles. The van der Waals surface area contributed by atoms with E-state index in [4.69, 9.17) is 0 Å². The van der Waals surface area contributed by atoms with E-state index in [0.29, 0.717) is 24.2 Å². The first-order chi connectivity index (χ1) is 7.27. The topological polar surface area (TPSA) is 6.48 Å². The Kier molecular flexibility index (Phi) is 7.25. The number of hydrogen-bond donors (Lipinski definition) is 0. The Morgan fingerprint density at radius 1 is 0.688 bits per heavy atom. The minimum absolute atomic E-state index is 0.584. The molecular weight excluding hydrogens is 196 g/mol. The second-order valence-corrected chi connectivity index (χ2v) is 5.70. The predicted molar refractivity (Wildman–Crippen MR) is 73.4 cm³/mol. The first-order valence-electron chi connectivity index (χ1n) is 6.63. The molecule has 0 atom stereocenters. The summed E-state index contributed by atoms with van der Waals surface area (Å²) in [5, 5.41) is 0. The van der Waals surface area contributed by atoms with Gasteiger partial charge in [-0.3, -0.25) is 9.80 Å². The SMILES string of the molecule is CC(C)N([CH]CN(C(C)C)C(C)C)C(C)C. The molecule has 0 spiro atoms. The molecule has 0 saturated heterocycles. The molecule has 0 rings (SSSR count). The minimum Gasteiger partial charge on any atom is -0.297 e. The molecule has 0 fully saturated rings. The molecule has 0 amide bonds. The van der Waals surface area contributed by atoms with Crippen molar-refractivity contribution in [2.75, 3.05) is 6.54 Å². The van der Waals surface area contributed by atoms with Gasteiger partial charge in [-0.25, -0.2) is 0 Å². The van der Waals surface area contributed by atoms with Crippen LogP contribution in [0, 0.1) is 6.54 Å². The molecule has 0 N–H and O–H groups in total. The summed E-state index contributed by atoms with van der Waals surface area (Å²) in [6.07, 6.45) is 0. The molecule has 97 valence electrons. The molecule has 0 bridgehead atoms. The lowest BCUT2D eigenvalue weighted by molar-refractivity contribution is 0.144. The van der Waals surface area contributed by atoms with Crippen molar-refractivity contribution in [3.05, 3.63) is 6.54 Å². The van der Waals surface area contributed by atoms with Crippen LogP contribution in [0.15, 0.2) is 0 Å². The Balaban J connectivity index is 4.27. The van der Waals surface area contributed by atoms with Gasteiger partial charge in [0.1, 0.15) is 0 Å². The molecule has 2 nitrogen and oxygen atoms in total. The molecule has 0 aliphatic carbocycles. The van der Waals surface area contributed by atoms with Crippen LogP contribution in [0.5, 0.6) is 0 Å². The van der Waals surface area contributed by atoms with Gasteiger partial charge in [0.15, 0.2) is 0 Å². The molecule has 16 heavy (non-hydrogen) atoms. The van der Waals surface area contributed by atoms with Crippen molar-refractivity contribution in [2.24, 2.45) is 0 Å². The second kappa shape index (κ2) is 7.29. The summed E-state index contributed by atoms with van der Waals surface area (Å²) in [6, 6.07) is 2.39. The summed E-state index contributed by atoms with van der Waals surface area (Å²) in [5.74, 6) is 0. The fourth-order valence-corrected chi connectivity index (χ4v) is 2.22. The Morgan fingerprint density at radius 2 is 1.06 bits per heavy atom. The molecule has 1 radical (unpaired) electrons. The van der Waals surface area contributed by atoms with Crippen LogP contribution < -0.4 is 0 Å². The Hall–Kier alpha value is -0.0800. The summed E-state index contributed by atoms with van der Waals surface area (Å²) in [6.45, 7) is 21.5. The highest BCUT2D eigenvalue weighted by Gasteiger charge is 2.18. The van der Waals surface area contributed by atoms with Crippen LogP contribution >= 0.6 is 0 Å². The lowest BCUT2D eigenvalue weighted by Gasteiger charge is -2.36. The first kappa shape index (κ1) is 15.9. The molecule has 0 aromatic carbocycles. The fourth-order valence-electron chi connectivity index (χ4n) is 2.22. The standard InChI is InChI=1S/C14H31N2/c1-11(2)15(12(3)4)9-10-16(13(5)6)14(7)8/h9,11-14H,10H2,1-8H3. The second-order valence-electron chi connectivity index (χ2n) is 5.70. The monoisotopic (exact) mass is 227 g/mol. The van der Waals surface area contributed by atoms with Gasteiger partial charge in [-0.05, 0) is 55.4 Å². The van der Waals surface area contributed by atoms with Crippen molar-refractivity contribution in [3.8, 4) is 0 Å². The van der Waals surface area contributed by atoms with Crippen LogP contribution in [-0.2, 0) is 0 Å². The third kappa shape index (κ3) is 5.31. The normalized spacial score (nSPS) is 13.1. The van der Waals surface area contributed by atoms with Gasteiger partial charge in [0.05, 0.1) is 0 Å². The maximum Gasteiger partial charge on any atom is 0.0397 e. The Labute approximate surface area is 103 Å². The number of nitrogens with zero attached hydrogens (tertiary/aromatic N) is 2. The highest BCUT2D eigenvalue weighted by Crippen LogP contribution is 2.11. The van der Waals surface area contributed by atoms with E-state index in [1.165, 1.54) is 0 Å². The highest BCUT2D eigenvalue weighted by atomic mass is 15.2. The van der Waals surface area contributed by atoms with Crippen molar-refractivity contribution in [1.82, 2.24) is 9.80 Å². The molecule has 0 heterocycles. The van der Waals surface area contributed by atoms with Crippen LogP contribution in [0.3, 0.4) is 0 Å². The zero-order valence-electron chi connectivity index (χ0n) is 12.5. The summed E-state index contributed by atoms with van der Waals surface area (Å²) < 4.78 is 0. The van der Waals surface area contributed by atoms with Gasteiger partial charge in [-0.15, -0.1) is 0 Å². The van der Waals surface area contributed by atoms with Crippen molar-refractivity contribution in [2.45, 2.75) is 79.6 Å². The highest BCUT2D eigenvalue weighted by molar-refractivity contribution is 4.81. The van der Waals surface area contributed by atoms with Crippen LogP contribution in [-0.4, -0.2) is 40.5 Å². The van der Waals surface area contributed by atoms with E-state index in [1.54, 1.807) is 0 Å². The molecule has 0 aromatic heterocycles. The van der Waals surface area contributed by atoms with Crippen molar-refractivity contribution >= 4 is 0 Å². The smallest absolute Gasteiger partial charge is 0.0397 e. The van der Waals surface area contributed by atoms with Crippen molar-refractivity contribution in [1.29, 1.82) is 0 Å². The van der Waals surface area contributed by atoms with Crippen LogP contribution in [0.1, 0.15) is 55.4 Å². The van der Waals surface area contributed by atoms with Crippen molar-refractivity contribution in [3.63, 3.8) is 0 Å². The molecule has 2 heteroatoms. The Morgan fingerprint density at radius 3 is 1.31 bits per heavy atom. The summed E-state index contributed by atoms with van der Waals surface area (Å²) in [4.78, 5) is 4.95. The quantitative estimate of drug-likeness (QED) is 0.658.